The maximum absolute atomic E-state index is 6.67. The van der Waals surface area contributed by atoms with E-state index in [2.05, 4.69) is 126 Å². The number of nitrogens with zero attached hydrogens (tertiary/aromatic N) is 3. The Balaban J connectivity index is 0.998. The van der Waals surface area contributed by atoms with Crippen LogP contribution >= 0.6 is 0 Å². The van der Waals surface area contributed by atoms with Gasteiger partial charge in [-0.05, 0) is 76.3 Å². The van der Waals surface area contributed by atoms with Crippen molar-refractivity contribution in [3.63, 3.8) is 0 Å². The molecule has 7 aromatic carbocycles. The molecule has 0 radical (unpaired) electrons. The lowest BCUT2D eigenvalue weighted by atomic mass is 9.93. The van der Waals surface area contributed by atoms with Crippen LogP contribution in [0.4, 0.5) is 0 Å². The molecule has 5 nitrogen and oxygen atoms in total. The molecule has 11 rings (SSSR count). The molecule has 5 heteroatoms. The van der Waals surface area contributed by atoms with E-state index in [1.165, 1.54) is 0 Å². The number of benzene rings is 7. The molecule has 262 valence electrons. The number of para-hydroxylation sites is 2. The summed E-state index contributed by atoms with van der Waals surface area (Å²) in [4.78, 5) is 14.3. The van der Waals surface area contributed by atoms with Gasteiger partial charge in [-0.3, -0.25) is 4.98 Å². The summed E-state index contributed by atoms with van der Waals surface area (Å²) in [5.41, 5.74) is 14.7. The summed E-state index contributed by atoms with van der Waals surface area (Å²) in [6.07, 6.45) is 3.63. The van der Waals surface area contributed by atoms with Gasteiger partial charge in [0.2, 0.25) is 0 Å². The molecule has 4 heterocycles. The molecule has 0 aliphatic rings. The van der Waals surface area contributed by atoms with Gasteiger partial charge in [0.1, 0.15) is 22.3 Å². The minimum absolute atomic E-state index is 0.681. The van der Waals surface area contributed by atoms with Gasteiger partial charge < -0.3 is 8.83 Å². The second kappa shape index (κ2) is 13.0. The van der Waals surface area contributed by atoms with Crippen molar-refractivity contribution in [2.24, 2.45) is 0 Å². The van der Waals surface area contributed by atoms with Crippen LogP contribution in [0.2, 0.25) is 0 Å². The molecule has 0 N–H and O–H groups in total. The lowest BCUT2D eigenvalue weighted by Crippen LogP contribution is -1.96. The third-order valence-corrected chi connectivity index (χ3v) is 10.7. The Kier molecular flexibility index (Phi) is 7.42. The van der Waals surface area contributed by atoms with E-state index in [0.29, 0.717) is 5.82 Å². The summed E-state index contributed by atoms with van der Waals surface area (Å²) in [5, 5.41) is 4.40. The van der Waals surface area contributed by atoms with Gasteiger partial charge in [0.15, 0.2) is 5.82 Å². The normalized spacial score (nSPS) is 11.6. The van der Waals surface area contributed by atoms with E-state index in [-0.39, 0.29) is 0 Å². The minimum atomic E-state index is 0.681. The second-order valence-electron chi connectivity index (χ2n) is 14.0. The van der Waals surface area contributed by atoms with E-state index in [9.17, 15) is 0 Å². The number of hydrogen-bond acceptors (Lipinski definition) is 5. The number of hydrogen-bond donors (Lipinski definition) is 0. The molecule has 4 aromatic heterocycles. The molecule has 0 aliphatic carbocycles. The minimum Gasteiger partial charge on any atom is -0.456 e. The number of aromatic nitrogens is 3. The second-order valence-corrected chi connectivity index (χ2v) is 14.0. The zero-order valence-electron chi connectivity index (χ0n) is 30.1. The Morgan fingerprint density at radius 3 is 1.62 bits per heavy atom. The van der Waals surface area contributed by atoms with E-state index in [1.54, 1.807) is 0 Å². The van der Waals surface area contributed by atoms with E-state index < -0.39 is 0 Å². The lowest BCUT2D eigenvalue weighted by molar-refractivity contribution is 0.668. The molecule has 11 aromatic rings. The van der Waals surface area contributed by atoms with Crippen molar-refractivity contribution < 1.29 is 8.83 Å². The predicted octanol–water partition coefficient (Wildman–Crippen LogP) is 13.7. The molecule has 0 saturated carbocycles. The molecule has 0 bridgehead atoms. The van der Waals surface area contributed by atoms with Crippen molar-refractivity contribution >= 4 is 43.9 Å². The predicted molar refractivity (Wildman–Crippen MR) is 227 cm³/mol. The van der Waals surface area contributed by atoms with Crippen molar-refractivity contribution in [3.05, 3.63) is 188 Å². The highest BCUT2D eigenvalue weighted by Gasteiger charge is 2.19. The molecule has 0 saturated heterocycles. The summed E-state index contributed by atoms with van der Waals surface area (Å²) in [6, 6.07) is 60.7. The Labute approximate surface area is 322 Å². The van der Waals surface area contributed by atoms with Gasteiger partial charge in [0, 0.05) is 56.2 Å². The van der Waals surface area contributed by atoms with Crippen molar-refractivity contribution in [3.8, 4) is 67.3 Å². The Bertz CT molecular complexity index is 3220. The van der Waals surface area contributed by atoms with Crippen LogP contribution < -0.4 is 0 Å². The highest BCUT2D eigenvalue weighted by atomic mass is 16.3. The lowest BCUT2D eigenvalue weighted by Gasteiger charge is -2.11. The quantitative estimate of drug-likeness (QED) is 0.171. The molecular weight excluding hydrogens is 687 g/mol. The first kappa shape index (κ1) is 31.9. The molecule has 0 amide bonds. The SMILES string of the molecule is c1ccc(-c2nc(-c3ccc(-c4ccncc4)cc3)cc(-c3ccc(-c4ccc(-c5ccc6c(c5)oc5ccccc56)c5c4oc4ccccc45)cc3)n2)cc1. The van der Waals surface area contributed by atoms with Gasteiger partial charge in [-0.25, -0.2) is 9.97 Å². The number of pyridine rings is 1. The van der Waals surface area contributed by atoms with Gasteiger partial charge in [0.05, 0.1) is 11.4 Å². The fourth-order valence-corrected chi connectivity index (χ4v) is 7.85. The Morgan fingerprint density at radius 1 is 0.339 bits per heavy atom. The fourth-order valence-electron chi connectivity index (χ4n) is 7.85. The first-order valence-corrected chi connectivity index (χ1v) is 18.7. The molecule has 0 fully saturated rings. The summed E-state index contributed by atoms with van der Waals surface area (Å²) in [6.45, 7) is 0. The molecule has 0 atom stereocenters. The first-order chi connectivity index (χ1) is 27.7. The number of fused-ring (bicyclic) bond motifs is 6. The monoisotopic (exact) mass is 717 g/mol. The van der Waals surface area contributed by atoms with Gasteiger partial charge in [-0.15, -0.1) is 0 Å². The maximum Gasteiger partial charge on any atom is 0.160 e. The zero-order valence-corrected chi connectivity index (χ0v) is 30.1. The highest BCUT2D eigenvalue weighted by molar-refractivity contribution is 6.17. The van der Waals surface area contributed by atoms with Crippen LogP contribution in [0.15, 0.2) is 197 Å². The van der Waals surface area contributed by atoms with Crippen LogP contribution in [0.1, 0.15) is 0 Å². The first-order valence-electron chi connectivity index (χ1n) is 18.7. The van der Waals surface area contributed by atoms with Crippen LogP contribution in [-0.2, 0) is 0 Å². The average molecular weight is 718 g/mol. The number of furan rings is 2. The largest absolute Gasteiger partial charge is 0.456 e. The Hall–Kier alpha value is -7.63. The van der Waals surface area contributed by atoms with Crippen molar-refractivity contribution in [1.82, 2.24) is 15.0 Å². The van der Waals surface area contributed by atoms with Crippen molar-refractivity contribution in [2.45, 2.75) is 0 Å². The van der Waals surface area contributed by atoms with E-state index in [0.717, 1.165) is 105 Å². The molecule has 56 heavy (non-hydrogen) atoms. The summed E-state index contributed by atoms with van der Waals surface area (Å²) in [5.74, 6) is 0.681. The molecule has 0 spiro atoms. The average Bonchev–Trinajstić information content (AvgIpc) is 3.85. The van der Waals surface area contributed by atoms with Crippen molar-refractivity contribution in [2.75, 3.05) is 0 Å². The zero-order chi connectivity index (χ0) is 37.0. The summed E-state index contributed by atoms with van der Waals surface area (Å²) in [7, 11) is 0. The van der Waals surface area contributed by atoms with Crippen LogP contribution in [0.25, 0.3) is 111 Å². The van der Waals surface area contributed by atoms with Crippen LogP contribution in [0, 0.1) is 0 Å². The van der Waals surface area contributed by atoms with Gasteiger partial charge >= 0.3 is 0 Å². The van der Waals surface area contributed by atoms with Gasteiger partial charge in [-0.1, -0.05) is 127 Å². The third kappa shape index (κ3) is 5.45. The summed E-state index contributed by atoms with van der Waals surface area (Å²) >= 11 is 0. The van der Waals surface area contributed by atoms with Gasteiger partial charge in [-0.2, -0.15) is 0 Å². The fraction of sp³-hybridized carbons (Fsp3) is 0. The molecular formula is C51H31N3O2. The van der Waals surface area contributed by atoms with E-state index >= 15 is 0 Å². The van der Waals surface area contributed by atoms with Crippen LogP contribution in [-0.4, -0.2) is 15.0 Å². The summed E-state index contributed by atoms with van der Waals surface area (Å²) < 4.78 is 13.0. The highest BCUT2D eigenvalue weighted by Crippen LogP contribution is 2.43. The topological polar surface area (TPSA) is 65.0 Å². The standard InChI is InChI=1S/C51H31N3O2/c1-2-8-37(9-3-1)51-53-44(35-18-14-32(15-19-35)33-26-28-52-29-27-33)31-45(54-51)36-20-16-34(17-21-36)40-25-24-39(49-43-11-5-7-13-47(43)56-50(40)49)38-22-23-42-41-10-4-6-12-46(41)55-48(42)30-38/h1-31H. The van der Waals surface area contributed by atoms with Gasteiger partial charge in [0.25, 0.3) is 0 Å². The molecule has 0 aliphatic heterocycles. The number of rotatable bonds is 6. The van der Waals surface area contributed by atoms with Crippen LogP contribution in [0.5, 0.6) is 0 Å². The smallest absolute Gasteiger partial charge is 0.160 e. The van der Waals surface area contributed by atoms with E-state index in [4.69, 9.17) is 18.8 Å². The van der Waals surface area contributed by atoms with E-state index in [1.807, 2.05) is 67.0 Å². The maximum atomic E-state index is 6.67. The van der Waals surface area contributed by atoms with Crippen molar-refractivity contribution in [1.29, 1.82) is 0 Å². The van der Waals surface area contributed by atoms with Crippen LogP contribution in [0.3, 0.4) is 0 Å². The molecule has 0 unspecified atom stereocenters. The Morgan fingerprint density at radius 2 is 0.893 bits per heavy atom. The third-order valence-electron chi connectivity index (χ3n) is 10.7.